The van der Waals surface area contributed by atoms with E-state index in [2.05, 4.69) is 0 Å². The Kier molecular flexibility index (Phi) is 38.7. The molecule has 0 atom stereocenters. The maximum atomic E-state index is 9.55. The van der Waals surface area contributed by atoms with Crippen LogP contribution in [0, 0.1) is 0 Å². The van der Waals surface area contributed by atoms with Crippen LogP contribution in [0.15, 0.2) is 72.9 Å². The number of aliphatic carboxylic acids is 12. The summed E-state index contributed by atoms with van der Waals surface area (Å²) in [7, 11) is 0. The largest absolute Gasteiger partial charge is 0.478 e. The molecular weight excluding hydrogens is 672 g/mol. The summed E-state index contributed by atoms with van der Waals surface area (Å²) in [4.78, 5) is 115. The average Bonchev–Trinajstić information content (AvgIpc) is 2.92. The highest BCUT2D eigenvalue weighted by molar-refractivity contribution is 5.92. The molecule has 0 unspecified atom stereocenters. The number of carboxylic acid groups (broad SMARTS) is 12. The minimum absolute atomic E-state index is 0.558. The lowest BCUT2D eigenvalue weighted by Crippen LogP contribution is -1.91. The van der Waals surface area contributed by atoms with Gasteiger partial charge < -0.3 is 61.3 Å². The zero-order chi connectivity index (χ0) is 39.4. The van der Waals surface area contributed by atoms with E-state index in [1.807, 2.05) is 0 Å². The van der Waals surface area contributed by atoms with Gasteiger partial charge in [0.25, 0.3) is 0 Å². The fraction of sp³-hybridized carbons (Fsp3) is 0. The van der Waals surface area contributed by atoms with Gasteiger partial charge in [-0.2, -0.15) is 0 Å². The van der Waals surface area contributed by atoms with E-state index in [1.165, 1.54) is 0 Å². The SMILES string of the molecule is O=C(O)/C=C\C(=O)O.O=C(O)/C=C\C(=O)O.O=C(O)/C=C\C(=O)O.O=C(O)/C=C\C(=O)O.O=C(O)/C=C\C(=O)O.O=C(O)/C=C\C(=O)O. The van der Waals surface area contributed by atoms with Crippen LogP contribution in [0.1, 0.15) is 0 Å². The molecule has 0 saturated heterocycles. The molecule has 0 aromatic heterocycles. The molecule has 24 nitrogen and oxygen atoms in total. The second-order valence-corrected chi connectivity index (χ2v) is 6.06. The highest BCUT2D eigenvalue weighted by Gasteiger charge is 1.91. The number of hydrogen-bond acceptors (Lipinski definition) is 12. The van der Waals surface area contributed by atoms with Gasteiger partial charge in [0.2, 0.25) is 0 Å². The summed E-state index contributed by atoms with van der Waals surface area (Å²) in [6, 6.07) is 0. The standard InChI is InChI=1S/6C4H4O4/c6*5-3(6)1-2-4(7)8/h6*1-2H,(H,5,6)(H,7,8)/b6*2-1-. The van der Waals surface area contributed by atoms with Gasteiger partial charge in [0, 0.05) is 72.9 Å². The summed E-state index contributed by atoms with van der Waals surface area (Å²) in [5.74, 6) is -15.1. The Balaban J connectivity index is -0.000000110. The molecule has 264 valence electrons. The Labute approximate surface area is 263 Å². The van der Waals surface area contributed by atoms with Gasteiger partial charge in [-0.25, -0.2) is 57.5 Å². The van der Waals surface area contributed by atoms with Crippen LogP contribution in [-0.4, -0.2) is 133 Å². The molecule has 0 radical (unpaired) electrons. The summed E-state index contributed by atoms with van der Waals surface area (Å²) >= 11 is 0. The molecule has 0 aromatic rings. The first kappa shape index (κ1) is 52.7. The number of carboxylic acids is 12. The normalized spacial score (nSPS) is 9.50. The maximum Gasteiger partial charge on any atom is 0.328 e. The van der Waals surface area contributed by atoms with Crippen LogP contribution in [0.5, 0.6) is 0 Å². The fourth-order valence-corrected chi connectivity index (χ4v) is 0.855. The molecular formula is C24H24O24. The van der Waals surface area contributed by atoms with Crippen molar-refractivity contribution in [2.45, 2.75) is 0 Å². The lowest BCUT2D eigenvalue weighted by Gasteiger charge is -1.74. The third-order valence-electron chi connectivity index (χ3n) is 2.21. The minimum atomic E-state index is -1.26. The van der Waals surface area contributed by atoms with Crippen molar-refractivity contribution in [2.75, 3.05) is 0 Å². The van der Waals surface area contributed by atoms with Crippen molar-refractivity contribution in [3.8, 4) is 0 Å². The Bertz CT molecular complexity index is 978. The highest BCUT2D eigenvalue weighted by atomic mass is 16.4. The van der Waals surface area contributed by atoms with E-state index < -0.39 is 71.6 Å². The lowest BCUT2D eigenvalue weighted by atomic mass is 10.5. The molecule has 0 rings (SSSR count). The van der Waals surface area contributed by atoms with Crippen LogP contribution >= 0.6 is 0 Å². The van der Waals surface area contributed by atoms with Gasteiger partial charge in [-0.05, 0) is 0 Å². The highest BCUT2D eigenvalue weighted by Crippen LogP contribution is 1.73. The third-order valence-corrected chi connectivity index (χ3v) is 2.21. The lowest BCUT2D eigenvalue weighted by molar-refractivity contribution is -0.134. The van der Waals surface area contributed by atoms with E-state index in [1.54, 1.807) is 0 Å². The number of carbonyl (C=O) groups is 12. The van der Waals surface area contributed by atoms with Gasteiger partial charge >= 0.3 is 71.6 Å². The van der Waals surface area contributed by atoms with Crippen molar-refractivity contribution in [2.24, 2.45) is 0 Å². The Morgan fingerprint density at radius 3 is 0.229 bits per heavy atom. The molecule has 24 heteroatoms. The molecule has 0 aromatic carbocycles. The maximum absolute atomic E-state index is 9.55. The molecule has 0 fully saturated rings. The van der Waals surface area contributed by atoms with Crippen molar-refractivity contribution in [1.29, 1.82) is 0 Å². The zero-order valence-corrected chi connectivity index (χ0v) is 23.2. The van der Waals surface area contributed by atoms with E-state index >= 15 is 0 Å². The van der Waals surface area contributed by atoms with Gasteiger partial charge in [-0.15, -0.1) is 0 Å². The molecule has 12 N–H and O–H groups in total. The molecule has 0 aliphatic heterocycles. The van der Waals surface area contributed by atoms with Gasteiger partial charge in [-0.1, -0.05) is 0 Å². The Morgan fingerprint density at radius 2 is 0.208 bits per heavy atom. The smallest absolute Gasteiger partial charge is 0.328 e. The van der Waals surface area contributed by atoms with Crippen LogP contribution in [0.25, 0.3) is 0 Å². The summed E-state index contributed by atoms with van der Waals surface area (Å²) in [5.41, 5.74) is 0. The van der Waals surface area contributed by atoms with Crippen molar-refractivity contribution < 1.29 is 119 Å². The van der Waals surface area contributed by atoms with E-state index in [0.717, 1.165) is 0 Å². The summed E-state index contributed by atoms with van der Waals surface area (Å²) < 4.78 is 0. The van der Waals surface area contributed by atoms with Crippen LogP contribution in [-0.2, 0) is 57.5 Å². The predicted octanol–water partition coefficient (Wildman–Crippen LogP) is -1.73. The summed E-state index contributed by atoms with van der Waals surface area (Å²) in [6.45, 7) is 0. The fourth-order valence-electron chi connectivity index (χ4n) is 0.855. The van der Waals surface area contributed by atoms with Crippen LogP contribution in [0.4, 0.5) is 0 Å². The average molecular weight is 696 g/mol. The first-order chi connectivity index (χ1) is 21.8. The minimum Gasteiger partial charge on any atom is -0.478 e. The molecule has 0 aliphatic carbocycles. The first-order valence-corrected chi connectivity index (χ1v) is 10.6. The zero-order valence-electron chi connectivity index (χ0n) is 23.2. The summed E-state index contributed by atoms with van der Waals surface area (Å²) in [5, 5.41) is 93.7. The van der Waals surface area contributed by atoms with Crippen molar-refractivity contribution >= 4 is 71.6 Å². The number of rotatable bonds is 12. The van der Waals surface area contributed by atoms with Crippen molar-refractivity contribution in [1.82, 2.24) is 0 Å². The van der Waals surface area contributed by atoms with E-state index in [0.29, 0.717) is 72.9 Å². The molecule has 0 amide bonds. The monoisotopic (exact) mass is 696 g/mol. The van der Waals surface area contributed by atoms with E-state index in [-0.39, 0.29) is 0 Å². The van der Waals surface area contributed by atoms with Gasteiger partial charge in [0.15, 0.2) is 0 Å². The van der Waals surface area contributed by atoms with Crippen LogP contribution in [0.3, 0.4) is 0 Å². The molecule has 0 saturated carbocycles. The van der Waals surface area contributed by atoms with Gasteiger partial charge in [0.1, 0.15) is 0 Å². The van der Waals surface area contributed by atoms with Crippen LogP contribution in [0.2, 0.25) is 0 Å². The van der Waals surface area contributed by atoms with E-state index in [4.69, 9.17) is 61.3 Å². The quantitative estimate of drug-likeness (QED) is 0.101. The second kappa shape index (κ2) is 35.3. The van der Waals surface area contributed by atoms with Crippen LogP contribution < -0.4 is 0 Å². The van der Waals surface area contributed by atoms with Gasteiger partial charge in [0.05, 0.1) is 0 Å². The molecule has 0 bridgehead atoms. The summed E-state index contributed by atoms with van der Waals surface area (Å²) in [6.07, 6.45) is 6.69. The molecule has 0 spiro atoms. The topological polar surface area (TPSA) is 448 Å². The Morgan fingerprint density at radius 1 is 0.167 bits per heavy atom. The molecule has 48 heavy (non-hydrogen) atoms. The van der Waals surface area contributed by atoms with Crippen molar-refractivity contribution in [3.63, 3.8) is 0 Å². The predicted molar refractivity (Wildman–Crippen MR) is 146 cm³/mol. The van der Waals surface area contributed by atoms with Gasteiger partial charge in [-0.3, -0.25) is 0 Å². The first-order valence-electron chi connectivity index (χ1n) is 10.6. The van der Waals surface area contributed by atoms with Crippen molar-refractivity contribution in [3.05, 3.63) is 72.9 Å². The third kappa shape index (κ3) is 107. The van der Waals surface area contributed by atoms with E-state index in [9.17, 15) is 57.5 Å². The second-order valence-electron chi connectivity index (χ2n) is 6.06. The molecule has 0 aliphatic rings. The molecule has 0 heterocycles. The number of hydrogen-bond donors (Lipinski definition) is 12. The Hall–Kier alpha value is -7.92.